The number of hydrogen-bond donors (Lipinski definition) is 0. The average Bonchev–Trinajstić information content (AvgIpc) is 2.33. The van der Waals surface area contributed by atoms with E-state index < -0.39 is 5.29 Å². The molecule has 0 saturated heterocycles. The maximum Gasteiger partial charge on any atom is 0.185 e. The van der Waals surface area contributed by atoms with Gasteiger partial charge in [0.15, 0.2) is 5.29 Å². The van der Waals surface area contributed by atoms with Crippen molar-refractivity contribution in [2.75, 3.05) is 5.75 Å². The topological polar surface area (TPSA) is 0 Å². The fourth-order valence-corrected chi connectivity index (χ4v) is 2.59. The van der Waals surface area contributed by atoms with Gasteiger partial charge in [-0.1, -0.05) is 48.4 Å². The molecule has 1 aromatic carbocycles. The minimum absolute atomic E-state index is 0.580. The van der Waals surface area contributed by atoms with Crippen LogP contribution in [-0.4, -0.2) is 5.75 Å². The Balaban J connectivity index is 1.93. The molecule has 0 heterocycles. The van der Waals surface area contributed by atoms with E-state index in [4.69, 9.17) is 11.6 Å². The van der Waals surface area contributed by atoms with Gasteiger partial charge in [0.25, 0.3) is 0 Å². The van der Waals surface area contributed by atoms with Crippen LogP contribution >= 0.6 is 23.4 Å². The molecule has 0 amide bonds. The van der Waals surface area contributed by atoms with Crippen LogP contribution in [-0.2, 0) is 5.75 Å². The number of hydrogen-bond acceptors (Lipinski definition) is 1. The third-order valence-corrected chi connectivity index (χ3v) is 3.67. The monoisotopic (exact) mass is 272 g/mol. The first-order valence-corrected chi connectivity index (χ1v) is 7.45. The molecule has 0 bridgehead atoms. The first-order chi connectivity index (χ1) is 8.29. The molecule has 0 nitrogen and oxygen atoms in total. The normalized spacial score (nSPS) is 11.8. The van der Waals surface area contributed by atoms with Crippen LogP contribution < -0.4 is 0 Å². The predicted molar refractivity (Wildman–Crippen MR) is 76.1 cm³/mol. The summed E-state index contributed by atoms with van der Waals surface area (Å²) in [6, 6.07) is 10.5. The second-order valence-electron chi connectivity index (χ2n) is 3.88. The Morgan fingerprint density at radius 2 is 1.94 bits per heavy atom. The van der Waals surface area contributed by atoms with Gasteiger partial charge in [-0.2, -0.15) is 16.2 Å². The SMILES string of the molecule is FC(Cl)=CCCCCCSCc1ccccc1. The Morgan fingerprint density at radius 3 is 2.65 bits per heavy atom. The molecule has 0 radical (unpaired) electrons. The van der Waals surface area contributed by atoms with E-state index in [1.807, 2.05) is 17.8 Å². The minimum atomic E-state index is -0.580. The molecule has 0 N–H and O–H groups in total. The highest BCUT2D eigenvalue weighted by Crippen LogP contribution is 2.15. The van der Waals surface area contributed by atoms with Crippen LogP contribution in [0.3, 0.4) is 0 Å². The molecular weight excluding hydrogens is 255 g/mol. The van der Waals surface area contributed by atoms with Gasteiger partial charge in [-0.05, 0) is 36.7 Å². The number of benzene rings is 1. The third kappa shape index (κ3) is 8.28. The zero-order valence-electron chi connectivity index (χ0n) is 9.87. The molecule has 0 aliphatic heterocycles. The highest BCUT2D eigenvalue weighted by Gasteiger charge is 1.93. The van der Waals surface area contributed by atoms with Gasteiger partial charge in [0.05, 0.1) is 0 Å². The molecule has 0 aliphatic rings. The lowest BCUT2D eigenvalue weighted by molar-refractivity contribution is 0.673. The summed E-state index contributed by atoms with van der Waals surface area (Å²) in [4.78, 5) is 0. The molecule has 0 spiro atoms. The number of halogens is 2. The van der Waals surface area contributed by atoms with E-state index in [1.165, 1.54) is 23.8 Å². The molecule has 17 heavy (non-hydrogen) atoms. The van der Waals surface area contributed by atoms with Gasteiger partial charge >= 0.3 is 0 Å². The molecule has 0 atom stereocenters. The van der Waals surface area contributed by atoms with Gasteiger partial charge in [0.2, 0.25) is 0 Å². The van der Waals surface area contributed by atoms with Crippen molar-refractivity contribution in [2.24, 2.45) is 0 Å². The lowest BCUT2D eigenvalue weighted by atomic mass is 10.2. The van der Waals surface area contributed by atoms with Gasteiger partial charge in [-0.15, -0.1) is 0 Å². The summed E-state index contributed by atoms with van der Waals surface area (Å²) in [5, 5.41) is -0.580. The van der Waals surface area contributed by atoms with E-state index in [-0.39, 0.29) is 0 Å². The molecular formula is C14H18ClFS. The van der Waals surface area contributed by atoms with E-state index in [2.05, 4.69) is 24.3 Å². The van der Waals surface area contributed by atoms with Gasteiger partial charge in [0.1, 0.15) is 0 Å². The van der Waals surface area contributed by atoms with Crippen LogP contribution in [0.25, 0.3) is 0 Å². The summed E-state index contributed by atoms with van der Waals surface area (Å²) in [6.45, 7) is 0. The van der Waals surface area contributed by atoms with Crippen LogP contribution in [0.15, 0.2) is 41.7 Å². The fraction of sp³-hybridized carbons (Fsp3) is 0.429. The summed E-state index contributed by atoms with van der Waals surface area (Å²) in [5.41, 5.74) is 1.38. The Kier molecular flexibility index (Phi) is 8.20. The van der Waals surface area contributed by atoms with E-state index in [0.29, 0.717) is 0 Å². The molecule has 1 rings (SSSR count). The van der Waals surface area contributed by atoms with Crippen molar-refractivity contribution in [3.8, 4) is 0 Å². The summed E-state index contributed by atoms with van der Waals surface area (Å²) in [6.07, 6.45) is 5.54. The number of rotatable bonds is 8. The van der Waals surface area contributed by atoms with Gasteiger partial charge < -0.3 is 0 Å². The zero-order chi connectivity index (χ0) is 12.3. The molecule has 0 aromatic heterocycles. The van der Waals surface area contributed by atoms with Gasteiger partial charge in [-0.25, -0.2) is 0 Å². The molecule has 94 valence electrons. The first-order valence-electron chi connectivity index (χ1n) is 5.92. The Morgan fingerprint density at radius 1 is 1.18 bits per heavy atom. The van der Waals surface area contributed by atoms with E-state index in [1.54, 1.807) is 0 Å². The quantitative estimate of drug-likeness (QED) is 0.561. The van der Waals surface area contributed by atoms with Crippen molar-refractivity contribution in [3.05, 3.63) is 47.3 Å². The first kappa shape index (κ1) is 14.6. The van der Waals surface area contributed by atoms with Crippen molar-refractivity contribution in [1.82, 2.24) is 0 Å². The van der Waals surface area contributed by atoms with Gasteiger partial charge in [0, 0.05) is 5.75 Å². The minimum Gasteiger partial charge on any atom is -0.194 e. The Bertz CT molecular complexity index is 320. The standard InChI is InChI=1S/C14H18ClFS/c15-14(16)10-6-1-2-7-11-17-12-13-8-4-3-5-9-13/h3-5,8-10H,1-2,6-7,11-12H2. The van der Waals surface area contributed by atoms with Gasteiger partial charge in [-0.3, -0.25) is 0 Å². The van der Waals surface area contributed by atoms with Crippen LogP contribution in [0.1, 0.15) is 31.2 Å². The van der Waals surface area contributed by atoms with Crippen molar-refractivity contribution < 1.29 is 4.39 Å². The summed E-state index contributed by atoms with van der Waals surface area (Å²) >= 11 is 7.05. The maximum absolute atomic E-state index is 12.1. The largest absolute Gasteiger partial charge is 0.194 e. The van der Waals surface area contributed by atoms with Crippen LogP contribution in [0.2, 0.25) is 0 Å². The lowest BCUT2D eigenvalue weighted by Crippen LogP contribution is -1.84. The molecule has 0 aliphatic carbocycles. The highest BCUT2D eigenvalue weighted by molar-refractivity contribution is 7.98. The molecule has 3 heteroatoms. The van der Waals surface area contributed by atoms with Crippen molar-refractivity contribution >= 4 is 23.4 Å². The number of thioether (sulfide) groups is 1. The summed E-state index contributed by atoms with van der Waals surface area (Å²) < 4.78 is 12.1. The zero-order valence-corrected chi connectivity index (χ0v) is 11.4. The molecule has 0 saturated carbocycles. The number of allylic oxidation sites excluding steroid dienone is 1. The van der Waals surface area contributed by atoms with Crippen molar-refractivity contribution in [2.45, 2.75) is 31.4 Å². The van der Waals surface area contributed by atoms with E-state index in [9.17, 15) is 4.39 Å². The maximum atomic E-state index is 12.1. The Labute approximate surface area is 112 Å². The van der Waals surface area contributed by atoms with Crippen LogP contribution in [0.4, 0.5) is 4.39 Å². The lowest BCUT2D eigenvalue weighted by Gasteiger charge is -2.01. The van der Waals surface area contributed by atoms with Crippen LogP contribution in [0, 0.1) is 0 Å². The average molecular weight is 273 g/mol. The molecule has 0 fully saturated rings. The molecule has 0 unspecified atom stereocenters. The summed E-state index contributed by atoms with van der Waals surface area (Å²) in [5.74, 6) is 2.25. The van der Waals surface area contributed by atoms with Crippen molar-refractivity contribution in [1.29, 1.82) is 0 Å². The number of unbranched alkanes of at least 4 members (excludes halogenated alkanes) is 3. The molecule has 1 aromatic rings. The highest BCUT2D eigenvalue weighted by atomic mass is 35.5. The predicted octanol–water partition coefficient (Wildman–Crippen LogP) is 5.53. The Hall–Kier alpha value is -0.470. The smallest absolute Gasteiger partial charge is 0.185 e. The van der Waals surface area contributed by atoms with Crippen LogP contribution in [0.5, 0.6) is 0 Å². The summed E-state index contributed by atoms with van der Waals surface area (Å²) in [7, 11) is 0. The van der Waals surface area contributed by atoms with Crippen molar-refractivity contribution in [3.63, 3.8) is 0 Å². The fourth-order valence-electron chi connectivity index (χ4n) is 1.50. The second kappa shape index (κ2) is 9.55. The second-order valence-corrected chi connectivity index (χ2v) is 5.35. The third-order valence-electron chi connectivity index (χ3n) is 2.40. The van der Waals surface area contributed by atoms with E-state index in [0.717, 1.165) is 25.0 Å². The van der Waals surface area contributed by atoms with E-state index >= 15 is 0 Å².